The van der Waals surface area contributed by atoms with Crippen molar-refractivity contribution < 1.29 is 9.45 Å². The molecule has 0 saturated carbocycles. The fourth-order valence-electron chi connectivity index (χ4n) is 2.76. The molecule has 28 heavy (non-hydrogen) atoms. The minimum Gasteiger partial charge on any atom is -0.375 e. The van der Waals surface area contributed by atoms with Crippen LogP contribution in [0, 0.1) is 24.0 Å². The van der Waals surface area contributed by atoms with Crippen molar-refractivity contribution in [2.75, 3.05) is 0 Å². The van der Waals surface area contributed by atoms with Crippen molar-refractivity contribution in [3.8, 4) is 5.69 Å². The molecule has 148 valence electrons. The van der Waals surface area contributed by atoms with Gasteiger partial charge in [-0.1, -0.05) is 38.6 Å². The van der Waals surface area contributed by atoms with Gasteiger partial charge in [-0.3, -0.25) is 20.0 Å². The van der Waals surface area contributed by atoms with E-state index in [9.17, 15) is 14.9 Å². The Hall–Kier alpha value is -2.88. The number of thioether (sulfide) groups is 1. The first-order valence-corrected chi connectivity index (χ1v) is 9.59. The zero-order valence-corrected chi connectivity index (χ0v) is 17.1. The van der Waals surface area contributed by atoms with Gasteiger partial charge in [0.25, 0.3) is 11.2 Å². The summed E-state index contributed by atoms with van der Waals surface area (Å²) in [6.45, 7) is 9.31. The van der Waals surface area contributed by atoms with Crippen molar-refractivity contribution in [2.45, 2.75) is 50.9 Å². The lowest BCUT2D eigenvalue weighted by atomic mass is 9.91. The van der Waals surface area contributed by atoms with Gasteiger partial charge in [0.2, 0.25) is 5.16 Å². The smallest absolute Gasteiger partial charge is 0.296 e. The molecule has 0 bridgehead atoms. The maximum atomic E-state index is 13.1. The SMILES string of the molecule is Cc1ccc(-n2oc(C(C)(C)C)c(CSc3n[nH]c(C)n3)c2=O)c([N+](=O)[O-])c1. The Morgan fingerprint density at radius 3 is 2.61 bits per heavy atom. The highest BCUT2D eigenvalue weighted by atomic mass is 32.2. The average Bonchev–Trinajstić information content (AvgIpc) is 3.16. The first-order chi connectivity index (χ1) is 13.1. The number of nitro groups is 1. The second-order valence-corrected chi connectivity index (χ2v) is 8.43. The zero-order valence-electron chi connectivity index (χ0n) is 16.3. The van der Waals surface area contributed by atoms with Crippen LogP contribution in [0.1, 0.15) is 43.5 Å². The monoisotopic (exact) mass is 403 g/mol. The Labute approximate surface area is 165 Å². The largest absolute Gasteiger partial charge is 0.375 e. The van der Waals surface area contributed by atoms with Crippen LogP contribution >= 0.6 is 11.8 Å². The van der Waals surface area contributed by atoms with E-state index < -0.39 is 15.9 Å². The van der Waals surface area contributed by atoms with E-state index in [0.717, 1.165) is 10.3 Å². The van der Waals surface area contributed by atoms with E-state index >= 15 is 0 Å². The number of nitro benzene ring substituents is 1. The average molecular weight is 403 g/mol. The summed E-state index contributed by atoms with van der Waals surface area (Å²) < 4.78 is 6.87. The van der Waals surface area contributed by atoms with Crippen LogP contribution in [0.5, 0.6) is 0 Å². The quantitative estimate of drug-likeness (QED) is 0.392. The predicted molar refractivity (Wildman–Crippen MR) is 105 cm³/mol. The Bertz CT molecular complexity index is 1090. The molecule has 3 rings (SSSR count). The van der Waals surface area contributed by atoms with Crippen LogP contribution in [-0.4, -0.2) is 24.8 Å². The third kappa shape index (κ3) is 3.86. The third-order valence-electron chi connectivity index (χ3n) is 4.05. The zero-order chi connectivity index (χ0) is 20.6. The highest BCUT2D eigenvalue weighted by molar-refractivity contribution is 7.98. The summed E-state index contributed by atoms with van der Waals surface area (Å²) in [6, 6.07) is 4.66. The van der Waals surface area contributed by atoms with E-state index in [0.29, 0.717) is 28.1 Å². The van der Waals surface area contributed by atoms with E-state index in [4.69, 9.17) is 4.52 Å². The van der Waals surface area contributed by atoms with Crippen molar-refractivity contribution in [1.82, 2.24) is 19.9 Å². The van der Waals surface area contributed by atoms with Gasteiger partial charge < -0.3 is 4.52 Å². The first-order valence-electron chi connectivity index (χ1n) is 8.61. The Morgan fingerprint density at radius 2 is 2.04 bits per heavy atom. The van der Waals surface area contributed by atoms with Crippen LogP contribution in [0.2, 0.25) is 0 Å². The summed E-state index contributed by atoms with van der Waals surface area (Å²) in [6.07, 6.45) is 0. The molecular formula is C18H21N5O4S. The van der Waals surface area contributed by atoms with Gasteiger partial charge in [0, 0.05) is 17.2 Å². The van der Waals surface area contributed by atoms with Gasteiger partial charge in [-0.15, -0.1) is 9.84 Å². The standard InChI is InChI=1S/C18H21N5O4S/c1-10-6-7-13(14(8-10)23(25)26)22-16(24)12(15(27-22)18(3,4)5)9-28-17-19-11(2)20-21-17/h6-8H,9H2,1-5H3,(H,19,20,21). The van der Waals surface area contributed by atoms with Gasteiger partial charge in [-0.05, 0) is 25.5 Å². The minimum atomic E-state index is -0.515. The Kier molecular flexibility index (Phi) is 5.16. The summed E-state index contributed by atoms with van der Waals surface area (Å²) in [5.41, 5.74) is 0.207. The number of aryl methyl sites for hydroxylation is 2. The topological polar surface area (TPSA) is 120 Å². The third-order valence-corrected chi connectivity index (χ3v) is 4.92. The van der Waals surface area contributed by atoms with Crippen LogP contribution in [-0.2, 0) is 11.2 Å². The molecule has 9 nitrogen and oxygen atoms in total. The van der Waals surface area contributed by atoms with Crippen molar-refractivity contribution in [3.05, 3.63) is 61.4 Å². The molecule has 1 aromatic carbocycles. The van der Waals surface area contributed by atoms with E-state index in [-0.39, 0.29) is 11.4 Å². The molecular weight excluding hydrogens is 382 g/mol. The molecule has 0 spiro atoms. The van der Waals surface area contributed by atoms with Gasteiger partial charge in [-0.2, -0.15) is 0 Å². The van der Waals surface area contributed by atoms with Crippen LogP contribution in [0.3, 0.4) is 0 Å². The van der Waals surface area contributed by atoms with Gasteiger partial charge in [0.1, 0.15) is 11.6 Å². The normalized spacial score (nSPS) is 11.8. The maximum Gasteiger partial charge on any atom is 0.296 e. The van der Waals surface area contributed by atoms with Gasteiger partial charge in [0.05, 0.1) is 10.5 Å². The lowest BCUT2D eigenvalue weighted by Gasteiger charge is -2.15. The van der Waals surface area contributed by atoms with E-state index in [1.54, 1.807) is 19.9 Å². The molecule has 0 amide bonds. The number of aromatic amines is 1. The van der Waals surface area contributed by atoms with Crippen molar-refractivity contribution in [3.63, 3.8) is 0 Å². The number of benzene rings is 1. The minimum absolute atomic E-state index is 0.107. The van der Waals surface area contributed by atoms with Gasteiger partial charge >= 0.3 is 0 Å². The second-order valence-electron chi connectivity index (χ2n) is 7.49. The summed E-state index contributed by atoms with van der Waals surface area (Å²) in [4.78, 5) is 28.3. The fourth-order valence-corrected chi connectivity index (χ4v) is 3.60. The molecule has 0 aliphatic heterocycles. The number of hydrogen-bond acceptors (Lipinski definition) is 7. The maximum absolute atomic E-state index is 13.1. The predicted octanol–water partition coefficient (Wildman–Crippen LogP) is 3.66. The van der Waals surface area contributed by atoms with Crippen LogP contribution in [0.4, 0.5) is 5.69 Å². The van der Waals surface area contributed by atoms with E-state index in [1.807, 2.05) is 20.8 Å². The second kappa shape index (κ2) is 7.27. The number of aromatic nitrogens is 4. The molecule has 0 aliphatic rings. The Morgan fingerprint density at radius 1 is 1.32 bits per heavy atom. The summed E-state index contributed by atoms with van der Waals surface area (Å²) in [5, 5.41) is 18.8. The molecule has 0 aliphatic carbocycles. The molecule has 0 fully saturated rings. The summed E-state index contributed by atoms with van der Waals surface area (Å²) in [5.74, 6) is 1.45. The van der Waals surface area contributed by atoms with Crippen molar-refractivity contribution >= 4 is 17.4 Å². The van der Waals surface area contributed by atoms with Crippen molar-refractivity contribution in [1.29, 1.82) is 0 Å². The molecule has 0 atom stereocenters. The number of hydrogen-bond donors (Lipinski definition) is 1. The number of H-pyrrole nitrogens is 1. The highest BCUT2D eigenvalue weighted by Gasteiger charge is 2.30. The van der Waals surface area contributed by atoms with Crippen LogP contribution in [0.15, 0.2) is 32.7 Å². The summed E-state index contributed by atoms with van der Waals surface area (Å²) in [7, 11) is 0. The summed E-state index contributed by atoms with van der Waals surface area (Å²) >= 11 is 1.30. The number of nitrogens with zero attached hydrogens (tertiary/aromatic N) is 4. The first kappa shape index (κ1) is 19.9. The molecule has 0 unspecified atom stereocenters. The fraction of sp³-hybridized carbons (Fsp3) is 0.389. The Balaban J connectivity index is 2.11. The van der Waals surface area contributed by atoms with Gasteiger partial charge in [0.15, 0.2) is 5.69 Å². The van der Waals surface area contributed by atoms with Crippen LogP contribution < -0.4 is 5.56 Å². The lowest BCUT2D eigenvalue weighted by molar-refractivity contribution is -0.384. The molecule has 3 aromatic rings. The van der Waals surface area contributed by atoms with Crippen LogP contribution in [0.25, 0.3) is 5.69 Å². The molecule has 1 N–H and O–H groups in total. The number of nitrogens with one attached hydrogen (secondary N) is 1. The van der Waals surface area contributed by atoms with E-state index in [2.05, 4.69) is 15.2 Å². The molecule has 10 heteroatoms. The number of rotatable bonds is 5. The van der Waals surface area contributed by atoms with Gasteiger partial charge in [-0.25, -0.2) is 4.98 Å². The molecule has 0 saturated heterocycles. The van der Waals surface area contributed by atoms with Crippen molar-refractivity contribution in [2.24, 2.45) is 0 Å². The molecule has 0 radical (unpaired) electrons. The van der Waals surface area contributed by atoms with E-state index in [1.165, 1.54) is 23.9 Å². The molecule has 2 heterocycles. The lowest BCUT2D eigenvalue weighted by Crippen LogP contribution is -2.18. The highest BCUT2D eigenvalue weighted by Crippen LogP contribution is 2.31. The molecule has 2 aromatic heterocycles.